The first-order valence-electron chi connectivity index (χ1n) is 8.18. The highest BCUT2D eigenvalue weighted by molar-refractivity contribution is 6.01. The maximum Gasteiger partial charge on any atom is 0.337 e. The summed E-state index contributed by atoms with van der Waals surface area (Å²) in [6.07, 6.45) is 0. The van der Waals surface area contributed by atoms with Crippen molar-refractivity contribution in [3.63, 3.8) is 0 Å². The number of nitrogens with zero attached hydrogens (tertiary/aromatic N) is 1. The summed E-state index contributed by atoms with van der Waals surface area (Å²) in [5.74, 6) is -0.355. The molecule has 0 fully saturated rings. The highest BCUT2D eigenvalue weighted by Gasteiger charge is 2.13. The Morgan fingerprint density at radius 3 is 2.12 bits per heavy atom. The number of fused-ring (bicyclic) bond motifs is 1. The molecule has 5 heteroatoms. The smallest absolute Gasteiger partial charge is 0.337 e. The Morgan fingerprint density at radius 2 is 1.50 bits per heavy atom. The van der Waals surface area contributed by atoms with Gasteiger partial charge >= 0.3 is 5.97 Å². The number of H-pyrrole nitrogens is 1. The summed E-state index contributed by atoms with van der Waals surface area (Å²) in [4.78, 5) is 19.0. The monoisotopic (exact) mass is 344 g/mol. The third kappa shape index (κ3) is 2.85. The minimum absolute atomic E-state index is 0.0314. The minimum atomic E-state index is -0.990. The number of hydrogen-bond donors (Lipinski definition) is 3. The second kappa shape index (κ2) is 6.46. The van der Waals surface area contributed by atoms with Crippen LogP contribution in [0.5, 0.6) is 0 Å². The van der Waals surface area contributed by atoms with Gasteiger partial charge in [-0.25, -0.2) is 9.78 Å². The van der Waals surface area contributed by atoms with E-state index < -0.39 is 5.97 Å². The van der Waals surface area contributed by atoms with Gasteiger partial charge in [0, 0.05) is 5.56 Å². The number of hydrogen-bond acceptors (Lipinski definition) is 3. The molecule has 0 aliphatic rings. The Balaban J connectivity index is 1.69. The van der Waals surface area contributed by atoms with Gasteiger partial charge in [-0.15, -0.1) is 0 Å². The molecule has 4 aromatic rings. The Kier molecular flexibility index (Phi) is 3.99. The number of carboxylic acids is 1. The largest absolute Gasteiger partial charge is 0.478 e. The zero-order valence-electron chi connectivity index (χ0n) is 13.8. The van der Waals surface area contributed by atoms with E-state index >= 15 is 0 Å². The van der Waals surface area contributed by atoms with E-state index in [4.69, 9.17) is 5.11 Å². The lowest BCUT2D eigenvalue weighted by Crippen LogP contribution is -1.96. The van der Waals surface area contributed by atoms with E-state index in [9.17, 15) is 9.90 Å². The summed E-state index contributed by atoms with van der Waals surface area (Å²) < 4.78 is 0. The standard InChI is InChI=1S/C21H16N2O3/c24-12-13-4-6-14(7-5-13)15-8-10-16(11-9-15)20-22-18-3-1-2-17(21(25)26)19(18)23-20/h1-11,24H,12H2,(H,22,23)(H,25,26). The van der Waals surface area contributed by atoms with Crippen LogP contribution in [-0.4, -0.2) is 26.2 Å². The summed E-state index contributed by atoms with van der Waals surface area (Å²) in [6.45, 7) is 0.0314. The van der Waals surface area contributed by atoms with E-state index in [1.165, 1.54) is 0 Å². The van der Waals surface area contributed by atoms with Crippen LogP contribution in [0.25, 0.3) is 33.5 Å². The average Bonchev–Trinajstić information content (AvgIpc) is 3.12. The molecule has 0 saturated carbocycles. The lowest BCUT2D eigenvalue weighted by atomic mass is 10.0. The van der Waals surface area contributed by atoms with Gasteiger partial charge in [0.15, 0.2) is 0 Å². The van der Waals surface area contributed by atoms with Crippen molar-refractivity contribution >= 4 is 17.0 Å². The van der Waals surface area contributed by atoms with Gasteiger partial charge < -0.3 is 15.2 Å². The lowest BCUT2D eigenvalue weighted by molar-refractivity contribution is 0.0699. The van der Waals surface area contributed by atoms with Crippen LogP contribution in [-0.2, 0) is 6.61 Å². The molecule has 0 radical (unpaired) electrons. The number of para-hydroxylation sites is 1. The number of aromatic nitrogens is 2. The van der Waals surface area contributed by atoms with Crippen molar-refractivity contribution in [1.29, 1.82) is 0 Å². The number of benzene rings is 3. The number of aromatic amines is 1. The van der Waals surface area contributed by atoms with Crippen LogP contribution in [0.4, 0.5) is 0 Å². The molecular formula is C21H16N2O3. The SMILES string of the molecule is O=C(O)c1cccc2[nH]c(-c3ccc(-c4ccc(CO)cc4)cc3)nc12. The maximum absolute atomic E-state index is 11.3. The van der Waals surface area contributed by atoms with Gasteiger partial charge in [-0.2, -0.15) is 0 Å². The van der Waals surface area contributed by atoms with Crippen molar-refractivity contribution in [2.75, 3.05) is 0 Å². The number of aliphatic hydroxyl groups is 1. The summed E-state index contributed by atoms with van der Waals surface area (Å²) in [6, 6.07) is 20.7. The van der Waals surface area contributed by atoms with Crippen LogP contribution in [0, 0.1) is 0 Å². The molecular weight excluding hydrogens is 328 g/mol. The molecule has 0 spiro atoms. The van der Waals surface area contributed by atoms with Crippen LogP contribution in [0.1, 0.15) is 15.9 Å². The van der Waals surface area contributed by atoms with Crippen molar-refractivity contribution in [2.45, 2.75) is 6.61 Å². The Labute approximate surface area is 149 Å². The molecule has 3 aromatic carbocycles. The molecule has 1 heterocycles. The number of aromatic carboxylic acids is 1. The third-order valence-electron chi connectivity index (χ3n) is 4.37. The molecule has 0 bridgehead atoms. The van der Waals surface area contributed by atoms with Crippen molar-refractivity contribution in [3.05, 3.63) is 77.9 Å². The second-order valence-corrected chi connectivity index (χ2v) is 6.02. The van der Waals surface area contributed by atoms with E-state index in [1.807, 2.05) is 54.6 Å². The molecule has 5 nitrogen and oxygen atoms in total. The number of aliphatic hydroxyl groups excluding tert-OH is 1. The predicted molar refractivity (Wildman–Crippen MR) is 99.8 cm³/mol. The zero-order chi connectivity index (χ0) is 18.1. The summed E-state index contributed by atoms with van der Waals surface area (Å²) >= 11 is 0. The van der Waals surface area contributed by atoms with Crippen molar-refractivity contribution in [3.8, 4) is 22.5 Å². The first-order chi connectivity index (χ1) is 12.7. The van der Waals surface area contributed by atoms with Crippen LogP contribution in [0.15, 0.2) is 66.7 Å². The Bertz CT molecular complexity index is 1080. The lowest BCUT2D eigenvalue weighted by Gasteiger charge is -2.04. The Morgan fingerprint density at radius 1 is 0.885 bits per heavy atom. The number of rotatable bonds is 4. The van der Waals surface area contributed by atoms with Crippen LogP contribution >= 0.6 is 0 Å². The number of carboxylic acid groups (broad SMARTS) is 1. The first-order valence-corrected chi connectivity index (χ1v) is 8.18. The van der Waals surface area contributed by atoms with Gasteiger partial charge in [-0.1, -0.05) is 54.6 Å². The van der Waals surface area contributed by atoms with Gasteiger partial charge in [0.05, 0.1) is 17.7 Å². The molecule has 0 unspecified atom stereocenters. The van der Waals surface area contributed by atoms with Crippen LogP contribution in [0.2, 0.25) is 0 Å². The summed E-state index contributed by atoms with van der Waals surface area (Å²) in [5, 5.41) is 18.4. The molecule has 0 aliphatic carbocycles. The maximum atomic E-state index is 11.3. The quantitative estimate of drug-likeness (QED) is 0.520. The molecule has 0 saturated heterocycles. The second-order valence-electron chi connectivity index (χ2n) is 6.02. The summed E-state index contributed by atoms with van der Waals surface area (Å²) in [7, 11) is 0. The van der Waals surface area contributed by atoms with E-state index in [0.29, 0.717) is 16.9 Å². The van der Waals surface area contributed by atoms with Gasteiger partial charge in [-0.05, 0) is 28.8 Å². The fraction of sp³-hybridized carbons (Fsp3) is 0.0476. The molecule has 4 rings (SSSR count). The molecule has 26 heavy (non-hydrogen) atoms. The molecule has 128 valence electrons. The van der Waals surface area contributed by atoms with Crippen molar-refractivity contribution in [2.24, 2.45) is 0 Å². The normalized spacial score (nSPS) is 11.0. The zero-order valence-corrected chi connectivity index (χ0v) is 13.8. The number of carbonyl (C=O) groups is 1. The fourth-order valence-corrected chi connectivity index (χ4v) is 2.96. The van der Waals surface area contributed by atoms with Gasteiger partial charge in [0.2, 0.25) is 0 Å². The van der Waals surface area contributed by atoms with Gasteiger partial charge in [0.1, 0.15) is 11.3 Å². The van der Waals surface area contributed by atoms with E-state index in [0.717, 1.165) is 22.3 Å². The molecule has 1 aromatic heterocycles. The fourth-order valence-electron chi connectivity index (χ4n) is 2.96. The first kappa shape index (κ1) is 16.1. The molecule has 3 N–H and O–H groups in total. The molecule has 0 amide bonds. The third-order valence-corrected chi connectivity index (χ3v) is 4.37. The van der Waals surface area contributed by atoms with Crippen LogP contribution < -0.4 is 0 Å². The topological polar surface area (TPSA) is 86.2 Å². The van der Waals surface area contributed by atoms with Gasteiger partial charge in [-0.3, -0.25) is 0 Å². The molecule has 0 aliphatic heterocycles. The van der Waals surface area contributed by atoms with Crippen LogP contribution in [0.3, 0.4) is 0 Å². The molecule has 0 atom stereocenters. The van der Waals surface area contributed by atoms with Gasteiger partial charge in [0.25, 0.3) is 0 Å². The van der Waals surface area contributed by atoms with E-state index in [2.05, 4.69) is 9.97 Å². The van der Waals surface area contributed by atoms with E-state index in [1.54, 1.807) is 12.1 Å². The highest BCUT2D eigenvalue weighted by Crippen LogP contribution is 2.26. The van der Waals surface area contributed by atoms with E-state index in [-0.39, 0.29) is 12.2 Å². The Hall–Kier alpha value is -3.44. The minimum Gasteiger partial charge on any atom is -0.478 e. The summed E-state index contributed by atoms with van der Waals surface area (Å²) in [5.41, 5.74) is 5.22. The highest BCUT2D eigenvalue weighted by atomic mass is 16.4. The number of nitrogens with one attached hydrogen (secondary N) is 1. The van der Waals surface area contributed by atoms with Crippen molar-refractivity contribution < 1.29 is 15.0 Å². The average molecular weight is 344 g/mol. The van der Waals surface area contributed by atoms with Crippen molar-refractivity contribution in [1.82, 2.24) is 9.97 Å². The predicted octanol–water partition coefficient (Wildman–Crippen LogP) is 4.09. The number of imidazole rings is 1.